The number of hydrogen-bond donors (Lipinski definition) is 5. The molecule has 7 N–H and O–H groups in total. The van der Waals surface area contributed by atoms with Gasteiger partial charge in [0.2, 0.25) is 0 Å². The fourth-order valence-corrected chi connectivity index (χ4v) is 5.43. The molecule has 14 nitrogen and oxygen atoms in total. The summed E-state index contributed by atoms with van der Waals surface area (Å²) in [6.07, 6.45) is 2.61. The normalized spacial score (nSPS) is 16.4. The van der Waals surface area contributed by atoms with E-state index in [1.54, 1.807) is 24.1 Å². The maximum atomic E-state index is 13.8. The standard InChI is InChI=1S/C29H41ClN8O6/c1-4-6-7-8-9-36(3)29(42)17-12-18-19(13-21(17)44-22-16-43-15-20(22)40)38(10-11-39)23(37(18)5-2)14-33-28(41)24-26(31)35-27(32)25(30)34-24/h12-13,20,22,39-40H,4-11,14-16H2,1-3H3,(H4-,31,32,33,35,41)/p+1/t20-,22-/m0/s1. The Bertz CT molecular complexity index is 1500. The number of benzene rings is 1. The summed E-state index contributed by atoms with van der Waals surface area (Å²) in [6.45, 7) is 5.52. The Morgan fingerprint density at radius 3 is 2.64 bits per heavy atom. The quantitative estimate of drug-likeness (QED) is 0.127. The summed E-state index contributed by atoms with van der Waals surface area (Å²) in [4.78, 5) is 36.4. The Kier molecular flexibility index (Phi) is 11.2. The van der Waals surface area contributed by atoms with E-state index in [0.717, 1.165) is 25.7 Å². The smallest absolute Gasteiger partial charge is 0.277 e. The molecule has 1 aliphatic heterocycles. The highest BCUT2D eigenvalue weighted by molar-refractivity contribution is 6.31. The van der Waals surface area contributed by atoms with Crippen LogP contribution in [0.4, 0.5) is 11.6 Å². The van der Waals surface area contributed by atoms with Crippen molar-refractivity contribution in [2.45, 2.75) is 71.4 Å². The molecule has 0 unspecified atom stereocenters. The minimum Gasteiger partial charge on any atom is -0.484 e. The Morgan fingerprint density at radius 2 is 1.98 bits per heavy atom. The number of aliphatic hydroxyl groups is 2. The van der Waals surface area contributed by atoms with Gasteiger partial charge in [0.15, 0.2) is 33.5 Å². The van der Waals surface area contributed by atoms with Crippen LogP contribution < -0.4 is 26.1 Å². The van der Waals surface area contributed by atoms with E-state index >= 15 is 0 Å². The first-order valence-electron chi connectivity index (χ1n) is 14.9. The van der Waals surface area contributed by atoms with Crippen LogP contribution in [0.1, 0.15) is 66.2 Å². The Hall–Kier alpha value is -3.72. The molecule has 0 saturated carbocycles. The second kappa shape index (κ2) is 14.8. The number of aryl methyl sites for hydroxylation is 1. The van der Waals surface area contributed by atoms with Crippen LogP contribution in [0.15, 0.2) is 12.1 Å². The number of nitrogens with one attached hydrogen (secondary N) is 1. The van der Waals surface area contributed by atoms with Gasteiger partial charge in [0.1, 0.15) is 31.0 Å². The molecule has 1 aliphatic rings. The van der Waals surface area contributed by atoms with Crippen LogP contribution in [0.5, 0.6) is 5.75 Å². The van der Waals surface area contributed by atoms with E-state index in [2.05, 4.69) is 22.2 Å². The van der Waals surface area contributed by atoms with Crippen molar-refractivity contribution in [3.8, 4) is 5.75 Å². The summed E-state index contributed by atoms with van der Waals surface area (Å²) in [7, 11) is 1.76. The van der Waals surface area contributed by atoms with E-state index in [1.807, 2.05) is 16.1 Å². The van der Waals surface area contributed by atoms with Crippen molar-refractivity contribution in [1.29, 1.82) is 0 Å². The molecule has 3 heterocycles. The average molecular weight is 634 g/mol. The van der Waals surface area contributed by atoms with Crippen molar-refractivity contribution in [2.24, 2.45) is 0 Å². The number of carbonyl (C=O) groups excluding carboxylic acids is 2. The Balaban J connectivity index is 1.75. The van der Waals surface area contributed by atoms with Gasteiger partial charge in [0.25, 0.3) is 17.6 Å². The Morgan fingerprint density at radius 1 is 1.20 bits per heavy atom. The fourth-order valence-electron chi connectivity index (χ4n) is 5.31. The van der Waals surface area contributed by atoms with Crippen LogP contribution in [0.25, 0.3) is 11.0 Å². The van der Waals surface area contributed by atoms with E-state index in [0.29, 0.717) is 41.3 Å². The van der Waals surface area contributed by atoms with Crippen molar-refractivity contribution < 1.29 is 33.8 Å². The molecule has 1 aromatic carbocycles. The lowest BCUT2D eigenvalue weighted by Crippen LogP contribution is -2.41. The second-order valence-corrected chi connectivity index (χ2v) is 11.1. The molecule has 44 heavy (non-hydrogen) atoms. The number of ether oxygens (including phenoxy) is 2. The molecule has 0 spiro atoms. The van der Waals surface area contributed by atoms with Gasteiger partial charge in [0.05, 0.1) is 31.9 Å². The lowest BCUT2D eigenvalue weighted by Gasteiger charge is -2.21. The molecule has 0 bridgehead atoms. The number of carbonyl (C=O) groups is 2. The monoisotopic (exact) mass is 633 g/mol. The number of nitrogens with two attached hydrogens (primary N) is 2. The summed E-state index contributed by atoms with van der Waals surface area (Å²) in [5, 5.41) is 23.1. The second-order valence-electron chi connectivity index (χ2n) is 10.7. The number of anilines is 2. The van der Waals surface area contributed by atoms with Gasteiger partial charge >= 0.3 is 0 Å². The van der Waals surface area contributed by atoms with Gasteiger partial charge in [-0.25, -0.2) is 19.1 Å². The van der Waals surface area contributed by atoms with Crippen molar-refractivity contribution in [2.75, 3.05) is 44.9 Å². The number of aromatic nitrogens is 4. The summed E-state index contributed by atoms with van der Waals surface area (Å²) < 4.78 is 15.4. The van der Waals surface area contributed by atoms with Crippen LogP contribution in [-0.2, 0) is 24.4 Å². The number of aliphatic hydroxyl groups excluding tert-OH is 2. The third-order valence-corrected chi connectivity index (χ3v) is 7.93. The van der Waals surface area contributed by atoms with Crippen molar-refractivity contribution in [3.63, 3.8) is 0 Å². The van der Waals surface area contributed by atoms with Crippen LogP contribution in [0.3, 0.4) is 0 Å². The minimum absolute atomic E-state index is 0.0243. The van der Waals surface area contributed by atoms with Gasteiger partial charge in [-0.05, 0) is 13.3 Å². The highest BCUT2D eigenvalue weighted by atomic mass is 35.5. The maximum absolute atomic E-state index is 13.8. The van der Waals surface area contributed by atoms with Gasteiger partial charge in [-0.3, -0.25) is 9.59 Å². The van der Waals surface area contributed by atoms with E-state index < -0.39 is 18.1 Å². The molecule has 240 valence electrons. The van der Waals surface area contributed by atoms with Crippen molar-refractivity contribution >= 4 is 46.1 Å². The van der Waals surface area contributed by atoms with E-state index in [4.69, 9.17) is 32.5 Å². The van der Waals surface area contributed by atoms with Gasteiger partial charge in [-0.1, -0.05) is 37.8 Å². The van der Waals surface area contributed by atoms with E-state index in [1.165, 1.54) is 0 Å². The Labute approximate surface area is 260 Å². The van der Waals surface area contributed by atoms with Crippen LogP contribution >= 0.6 is 11.6 Å². The summed E-state index contributed by atoms with van der Waals surface area (Å²) >= 11 is 5.97. The average Bonchev–Trinajstić information content (AvgIpc) is 3.54. The molecule has 2 amide bonds. The lowest BCUT2D eigenvalue weighted by molar-refractivity contribution is -0.676. The predicted octanol–water partition coefficient (Wildman–Crippen LogP) is 1.27. The van der Waals surface area contributed by atoms with Gasteiger partial charge in [0, 0.05) is 25.7 Å². The third kappa shape index (κ3) is 7.15. The molecule has 1 saturated heterocycles. The topological polar surface area (TPSA) is 195 Å². The molecule has 4 rings (SSSR count). The molecular formula is C29H42ClN8O6+. The molecule has 15 heteroatoms. The fraction of sp³-hybridized carbons (Fsp3) is 0.552. The van der Waals surface area contributed by atoms with Crippen molar-refractivity contribution in [1.82, 2.24) is 24.8 Å². The predicted molar refractivity (Wildman–Crippen MR) is 164 cm³/mol. The van der Waals surface area contributed by atoms with Gasteiger partial charge < -0.3 is 41.4 Å². The third-order valence-electron chi connectivity index (χ3n) is 7.65. The highest BCUT2D eigenvalue weighted by Gasteiger charge is 2.33. The molecule has 2 atom stereocenters. The molecule has 2 aromatic heterocycles. The first kappa shape index (κ1) is 33.2. The van der Waals surface area contributed by atoms with Gasteiger partial charge in [-0.2, -0.15) is 0 Å². The number of imidazole rings is 1. The SMILES string of the molecule is CCCCCCN(C)C(=O)c1cc2c(cc1O[C@H]1COC[C@@H]1O)n(CCO)c(CNC(=O)c1nc(Cl)c(N)nc1N)[n+]2CC. The number of nitrogens with zero attached hydrogens (tertiary/aromatic N) is 5. The van der Waals surface area contributed by atoms with Gasteiger partial charge in [-0.15, -0.1) is 0 Å². The number of hydrogen-bond acceptors (Lipinski definition) is 10. The summed E-state index contributed by atoms with van der Waals surface area (Å²) in [5.74, 6) is -0.128. The van der Waals surface area contributed by atoms with E-state index in [-0.39, 0.29) is 61.3 Å². The number of fused-ring (bicyclic) bond motifs is 1. The number of nitrogen functional groups attached to an aromatic ring is 2. The van der Waals surface area contributed by atoms with Crippen LogP contribution in [-0.4, -0.2) is 87.1 Å². The number of amides is 2. The largest absolute Gasteiger partial charge is 0.484 e. The molecular weight excluding hydrogens is 592 g/mol. The minimum atomic E-state index is -0.839. The van der Waals surface area contributed by atoms with Crippen molar-refractivity contribution in [3.05, 3.63) is 34.4 Å². The zero-order valence-electron chi connectivity index (χ0n) is 25.4. The maximum Gasteiger partial charge on any atom is 0.277 e. The van der Waals surface area contributed by atoms with Crippen LogP contribution in [0.2, 0.25) is 5.15 Å². The van der Waals surface area contributed by atoms with E-state index in [9.17, 15) is 19.8 Å². The molecule has 1 fully saturated rings. The lowest BCUT2D eigenvalue weighted by atomic mass is 10.1. The molecule has 0 aliphatic carbocycles. The first-order valence-corrected chi connectivity index (χ1v) is 15.2. The number of halogens is 1. The molecule has 0 radical (unpaired) electrons. The molecule has 3 aromatic rings. The number of rotatable bonds is 14. The zero-order valence-corrected chi connectivity index (χ0v) is 26.1. The summed E-state index contributed by atoms with van der Waals surface area (Å²) in [5.41, 5.74) is 13.1. The van der Waals surface area contributed by atoms with Crippen LogP contribution in [0, 0.1) is 0 Å². The zero-order chi connectivity index (χ0) is 32.0. The number of unbranched alkanes of at least 4 members (excludes halogenated alkanes) is 3. The summed E-state index contributed by atoms with van der Waals surface area (Å²) in [6, 6.07) is 3.51. The highest BCUT2D eigenvalue weighted by Crippen LogP contribution is 2.30. The first-order chi connectivity index (χ1) is 21.1.